The molecule has 4 rings (SSSR count). The van der Waals surface area contributed by atoms with Gasteiger partial charge in [0.1, 0.15) is 12.3 Å². The van der Waals surface area contributed by atoms with Gasteiger partial charge in [0.05, 0.1) is 21.2 Å². The number of carbonyl (C=O) groups is 5. The number of rotatable bonds is 7. The van der Waals surface area contributed by atoms with Crippen LogP contribution < -0.4 is 4.74 Å². The Bertz CT molecular complexity index is 1410. The number of carbonyl (C=O) groups excluding carboxylic acids is 5. The molecule has 0 N–H and O–H groups in total. The van der Waals surface area contributed by atoms with E-state index in [0.29, 0.717) is 10.0 Å². The molecule has 0 atom stereocenters. The van der Waals surface area contributed by atoms with E-state index in [1.54, 1.807) is 12.1 Å². The van der Waals surface area contributed by atoms with Crippen LogP contribution in [0.1, 0.15) is 43.9 Å². The molecule has 0 bridgehead atoms. The number of ketones is 1. The third-order valence-corrected chi connectivity index (χ3v) is 6.31. The zero-order valence-electron chi connectivity index (χ0n) is 18.9. The van der Waals surface area contributed by atoms with Crippen LogP contribution in [0.4, 0.5) is 0 Å². The van der Waals surface area contributed by atoms with Gasteiger partial charge in [-0.05, 0) is 54.6 Å². The molecule has 11 heteroatoms. The van der Waals surface area contributed by atoms with Crippen molar-refractivity contribution in [3.63, 3.8) is 0 Å². The number of halogens is 3. The third-order valence-electron chi connectivity index (χ3n) is 5.44. The molecule has 37 heavy (non-hydrogen) atoms. The van der Waals surface area contributed by atoms with Gasteiger partial charge in [-0.2, -0.15) is 5.01 Å². The second-order valence-corrected chi connectivity index (χ2v) is 9.15. The van der Waals surface area contributed by atoms with E-state index < -0.39 is 36.0 Å². The molecule has 1 heterocycles. The second-order valence-electron chi connectivity index (χ2n) is 7.90. The van der Waals surface area contributed by atoms with Gasteiger partial charge in [0, 0.05) is 23.4 Å². The largest absolute Gasteiger partial charge is 0.423 e. The van der Waals surface area contributed by atoms with E-state index in [0.717, 1.165) is 5.01 Å². The first-order chi connectivity index (χ1) is 17.7. The van der Waals surface area contributed by atoms with Gasteiger partial charge in [-0.15, -0.1) is 0 Å². The first-order valence-corrected chi connectivity index (χ1v) is 12.0. The summed E-state index contributed by atoms with van der Waals surface area (Å²) in [7, 11) is 0. The van der Waals surface area contributed by atoms with E-state index in [2.05, 4.69) is 0 Å². The monoisotopic (exact) mass is 558 g/mol. The van der Waals surface area contributed by atoms with E-state index in [-0.39, 0.29) is 45.3 Å². The summed E-state index contributed by atoms with van der Waals surface area (Å²) in [5.74, 6) is -3.10. The van der Waals surface area contributed by atoms with E-state index in [1.165, 1.54) is 54.6 Å². The van der Waals surface area contributed by atoms with Crippen molar-refractivity contribution >= 4 is 64.3 Å². The van der Waals surface area contributed by atoms with Gasteiger partial charge in [-0.3, -0.25) is 19.2 Å². The molecule has 3 aromatic rings. The molecule has 0 unspecified atom stereocenters. The Kier molecular flexibility index (Phi) is 7.92. The molecule has 188 valence electrons. The average molecular weight is 560 g/mol. The van der Waals surface area contributed by atoms with E-state index in [4.69, 9.17) is 39.5 Å². The number of esters is 1. The van der Waals surface area contributed by atoms with Crippen molar-refractivity contribution in [1.82, 2.24) is 10.0 Å². The number of hydrogen-bond acceptors (Lipinski definition) is 6. The topological polar surface area (TPSA) is 101 Å². The molecule has 0 radical (unpaired) electrons. The Labute approximate surface area is 226 Å². The zero-order chi connectivity index (χ0) is 26.7. The van der Waals surface area contributed by atoms with Crippen LogP contribution in [0.2, 0.25) is 15.1 Å². The molecule has 8 nitrogen and oxygen atoms in total. The van der Waals surface area contributed by atoms with Gasteiger partial charge < -0.3 is 4.74 Å². The molecule has 1 saturated heterocycles. The highest BCUT2D eigenvalue weighted by Gasteiger charge is 2.38. The van der Waals surface area contributed by atoms with Crippen molar-refractivity contribution in [2.75, 3.05) is 6.54 Å². The molecular formula is C26H17Cl3N2O6. The fourth-order valence-electron chi connectivity index (χ4n) is 3.59. The van der Waals surface area contributed by atoms with Gasteiger partial charge >= 0.3 is 5.97 Å². The number of nitrogens with zero attached hydrogens (tertiary/aromatic N) is 2. The quantitative estimate of drug-likeness (QED) is 0.170. The standard InChI is InChI=1S/C26H17Cl3N2O6/c27-16-7-10-19(21(29)13-16)26(36)37-17-8-5-15(6-9-17)22(32)14-30(31-23(33)11-12-24(31)34)25(35)18-3-1-2-4-20(18)28/h1-10,13H,11-12,14H2. The smallest absolute Gasteiger partial charge is 0.345 e. The number of imide groups is 1. The summed E-state index contributed by atoms with van der Waals surface area (Å²) >= 11 is 18.0. The van der Waals surface area contributed by atoms with Crippen LogP contribution in [-0.2, 0) is 9.59 Å². The first-order valence-electron chi connectivity index (χ1n) is 10.9. The van der Waals surface area contributed by atoms with Crippen molar-refractivity contribution in [3.8, 4) is 5.75 Å². The fourth-order valence-corrected chi connectivity index (χ4v) is 4.30. The number of benzene rings is 3. The third kappa shape index (κ3) is 5.83. The molecule has 3 amide bonds. The predicted molar refractivity (Wildman–Crippen MR) is 136 cm³/mol. The Morgan fingerprint density at radius 1 is 0.811 bits per heavy atom. The Morgan fingerprint density at radius 3 is 2.08 bits per heavy atom. The summed E-state index contributed by atoms with van der Waals surface area (Å²) in [5, 5.41) is 2.09. The van der Waals surface area contributed by atoms with Crippen molar-refractivity contribution in [3.05, 3.63) is 98.5 Å². The van der Waals surface area contributed by atoms with Crippen LogP contribution >= 0.6 is 34.8 Å². The van der Waals surface area contributed by atoms with Crippen LogP contribution in [0, 0.1) is 0 Å². The fraction of sp³-hybridized carbons (Fsp3) is 0.115. The Balaban J connectivity index is 1.53. The van der Waals surface area contributed by atoms with E-state index in [1.807, 2.05) is 0 Å². The van der Waals surface area contributed by atoms with Gasteiger partial charge in [-0.1, -0.05) is 46.9 Å². The van der Waals surface area contributed by atoms with Gasteiger partial charge in [0.15, 0.2) is 5.78 Å². The molecule has 1 aliphatic heterocycles. The summed E-state index contributed by atoms with van der Waals surface area (Å²) in [4.78, 5) is 63.5. The number of Topliss-reactive ketones (excluding diaryl/α,β-unsaturated/α-hetero) is 1. The highest BCUT2D eigenvalue weighted by Crippen LogP contribution is 2.25. The normalized spacial score (nSPS) is 13.0. The highest BCUT2D eigenvalue weighted by molar-refractivity contribution is 6.36. The Hall–Kier alpha value is -3.72. The molecule has 3 aromatic carbocycles. The van der Waals surface area contributed by atoms with Gasteiger partial charge in [0.25, 0.3) is 5.91 Å². The zero-order valence-corrected chi connectivity index (χ0v) is 21.2. The summed E-state index contributed by atoms with van der Waals surface area (Å²) in [6.45, 7) is -0.596. The van der Waals surface area contributed by atoms with Crippen molar-refractivity contribution in [2.24, 2.45) is 0 Å². The first kappa shape index (κ1) is 26.3. The van der Waals surface area contributed by atoms with Crippen LogP contribution in [0.15, 0.2) is 66.7 Å². The maximum atomic E-state index is 13.2. The lowest BCUT2D eigenvalue weighted by atomic mass is 10.1. The molecule has 0 saturated carbocycles. The van der Waals surface area contributed by atoms with Crippen LogP contribution in [0.5, 0.6) is 5.75 Å². The lowest BCUT2D eigenvalue weighted by molar-refractivity contribution is -0.152. The summed E-state index contributed by atoms with van der Waals surface area (Å²) in [6.07, 6.45) is -0.145. The maximum absolute atomic E-state index is 13.2. The molecule has 1 fully saturated rings. The maximum Gasteiger partial charge on any atom is 0.345 e. The molecule has 0 aromatic heterocycles. The van der Waals surface area contributed by atoms with Crippen LogP contribution in [0.3, 0.4) is 0 Å². The van der Waals surface area contributed by atoms with Gasteiger partial charge in [0.2, 0.25) is 11.8 Å². The summed E-state index contributed by atoms with van der Waals surface area (Å²) in [5.41, 5.74) is 0.299. The number of hydrogen-bond donors (Lipinski definition) is 0. The predicted octanol–water partition coefficient (Wildman–Crippen LogP) is 5.26. The molecule has 0 aliphatic carbocycles. The Morgan fingerprint density at radius 2 is 1.46 bits per heavy atom. The minimum atomic E-state index is -0.770. The van der Waals surface area contributed by atoms with Crippen LogP contribution in [-0.4, -0.2) is 46.0 Å². The number of ether oxygens (including phenoxy) is 1. The minimum absolute atomic E-state index is 0.0348. The van der Waals surface area contributed by atoms with E-state index >= 15 is 0 Å². The van der Waals surface area contributed by atoms with E-state index in [9.17, 15) is 24.0 Å². The lowest BCUT2D eigenvalue weighted by Crippen LogP contribution is -2.51. The minimum Gasteiger partial charge on any atom is -0.423 e. The molecular weight excluding hydrogens is 543 g/mol. The lowest BCUT2D eigenvalue weighted by Gasteiger charge is -2.29. The highest BCUT2D eigenvalue weighted by atomic mass is 35.5. The number of hydrazine groups is 1. The van der Waals surface area contributed by atoms with Crippen molar-refractivity contribution < 1.29 is 28.7 Å². The SMILES string of the molecule is O=C(CN(C(=O)c1ccccc1Cl)N1C(=O)CCC1=O)c1ccc(OC(=O)c2ccc(Cl)cc2Cl)cc1. The second kappa shape index (κ2) is 11.1. The van der Waals surface area contributed by atoms with Crippen LogP contribution in [0.25, 0.3) is 0 Å². The summed E-state index contributed by atoms with van der Waals surface area (Å²) in [6, 6.07) is 16.0. The van der Waals surface area contributed by atoms with Crippen molar-refractivity contribution in [1.29, 1.82) is 0 Å². The number of amides is 3. The molecule has 0 spiro atoms. The van der Waals surface area contributed by atoms with Gasteiger partial charge in [-0.25, -0.2) is 9.80 Å². The average Bonchev–Trinajstić information content (AvgIpc) is 3.20. The van der Waals surface area contributed by atoms with Crippen molar-refractivity contribution in [2.45, 2.75) is 12.8 Å². The molecule has 1 aliphatic rings. The summed E-state index contributed by atoms with van der Waals surface area (Å²) < 4.78 is 5.30.